The summed E-state index contributed by atoms with van der Waals surface area (Å²) < 4.78 is 10.2. The smallest absolute Gasteiger partial charge is 0.326 e. The Kier molecular flexibility index (Phi) is 5.63. The number of carboxylic acid groups (broad SMARTS) is 1. The first kappa shape index (κ1) is 16.6. The van der Waals surface area contributed by atoms with Gasteiger partial charge in [0.2, 0.25) is 5.91 Å². The number of carboxylic acids is 1. The van der Waals surface area contributed by atoms with E-state index in [1.807, 2.05) is 0 Å². The molecule has 2 rings (SSSR count). The van der Waals surface area contributed by atoms with E-state index < -0.39 is 12.0 Å². The molecule has 1 aliphatic heterocycles. The van der Waals surface area contributed by atoms with Crippen LogP contribution in [0.4, 0.5) is 0 Å². The van der Waals surface area contributed by atoms with Crippen molar-refractivity contribution < 1.29 is 24.2 Å². The quantitative estimate of drug-likeness (QED) is 0.827. The van der Waals surface area contributed by atoms with E-state index in [9.17, 15) is 14.7 Å². The van der Waals surface area contributed by atoms with Gasteiger partial charge in [0.1, 0.15) is 11.8 Å². The summed E-state index contributed by atoms with van der Waals surface area (Å²) in [5.41, 5.74) is 0.709. The average molecular weight is 328 g/mol. The minimum atomic E-state index is -1.08. The van der Waals surface area contributed by atoms with Gasteiger partial charge in [-0.1, -0.05) is 17.7 Å². The summed E-state index contributed by atoms with van der Waals surface area (Å²) in [5, 5.41) is 12.3. The molecule has 22 heavy (non-hydrogen) atoms. The third-order valence-corrected chi connectivity index (χ3v) is 3.87. The predicted octanol–water partition coefficient (Wildman–Crippen LogP) is 1.50. The molecule has 1 saturated heterocycles. The number of nitrogens with one attached hydrogen (secondary N) is 1. The molecule has 1 heterocycles. The summed E-state index contributed by atoms with van der Waals surface area (Å²) >= 11 is 6.03. The van der Waals surface area contributed by atoms with Crippen molar-refractivity contribution in [3.05, 3.63) is 28.8 Å². The lowest BCUT2D eigenvalue weighted by Gasteiger charge is -2.17. The van der Waals surface area contributed by atoms with Gasteiger partial charge in [0.05, 0.1) is 24.7 Å². The monoisotopic (exact) mass is 327 g/mol. The zero-order valence-electron chi connectivity index (χ0n) is 12.2. The van der Waals surface area contributed by atoms with Crippen molar-refractivity contribution in [2.45, 2.75) is 18.9 Å². The summed E-state index contributed by atoms with van der Waals surface area (Å²) in [4.78, 5) is 23.4. The molecule has 2 N–H and O–H groups in total. The van der Waals surface area contributed by atoms with Crippen LogP contribution in [0.2, 0.25) is 5.02 Å². The van der Waals surface area contributed by atoms with Gasteiger partial charge in [-0.05, 0) is 24.1 Å². The van der Waals surface area contributed by atoms with Gasteiger partial charge >= 0.3 is 5.97 Å². The Bertz CT molecular complexity index is 557. The van der Waals surface area contributed by atoms with Gasteiger partial charge in [-0.3, -0.25) is 4.79 Å². The second kappa shape index (κ2) is 7.47. The maximum Gasteiger partial charge on any atom is 0.326 e. The number of amides is 1. The van der Waals surface area contributed by atoms with Gasteiger partial charge < -0.3 is 19.9 Å². The summed E-state index contributed by atoms with van der Waals surface area (Å²) in [6.45, 7) is 0.871. The molecule has 7 heteroatoms. The Morgan fingerprint density at radius 1 is 1.55 bits per heavy atom. The van der Waals surface area contributed by atoms with Crippen molar-refractivity contribution in [3.63, 3.8) is 0 Å². The van der Waals surface area contributed by atoms with Crippen molar-refractivity contribution in [1.82, 2.24) is 5.32 Å². The van der Waals surface area contributed by atoms with Crippen LogP contribution >= 0.6 is 11.6 Å². The number of aliphatic carboxylic acids is 1. The van der Waals surface area contributed by atoms with Gasteiger partial charge in [-0.15, -0.1) is 0 Å². The highest BCUT2D eigenvalue weighted by Gasteiger charge is 2.28. The van der Waals surface area contributed by atoms with Gasteiger partial charge in [-0.2, -0.15) is 0 Å². The van der Waals surface area contributed by atoms with Crippen LogP contribution in [0.1, 0.15) is 12.0 Å². The topological polar surface area (TPSA) is 84.9 Å². The third-order valence-electron chi connectivity index (χ3n) is 3.57. The van der Waals surface area contributed by atoms with E-state index in [1.165, 1.54) is 7.11 Å². The molecule has 0 aliphatic carbocycles. The first-order valence-electron chi connectivity index (χ1n) is 6.94. The minimum Gasteiger partial charge on any atom is -0.495 e. The lowest BCUT2D eigenvalue weighted by Crippen LogP contribution is -2.45. The standard InChI is InChI=1S/C15H18ClNO5/c1-21-13-3-2-9(6-11(13)16)7-12(15(19)20)17-14(18)10-4-5-22-8-10/h2-3,6,10,12H,4-5,7-8H2,1H3,(H,17,18)(H,19,20)/t10-,12-/m0/s1. The van der Waals surface area contributed by atoms with Gasteiger partial charge in [0, 0.05) is 13.0 Å². The van der Waals surface area contributed by atoms with Crippen LogP contribution in [-0.2, 0) is 20.7 Å². The number of ether oxygens (including phenoxy) is 2. The summed E-state index contributed by atoms with van der Waals surface area (Å²) in [6.07, 6.45) is 0.769. The number of carbonyl (C=O) groups excluding carboxylic acids is 1. The minimum absolute atomic E-state index is 0.151. The van der Waals surface area contributed by atoms with Crippen molar-refractivity contribution in [3.8, 4) is 5.75 Å². The third kappa shape index (κ3) is 4.11. The van der Waals surface area contributed by atoms with E-state index in [4.69, 9.17) is 21.1 Å². The molecule has 0 unspecified atom stereocenters. The number of hydrogen-bond acceptors (Lipinski definition) is 4. The Labute approximate surface area is 133 Å². The molecule has 1 amide bonds. The van der Waals surface area contributed by atoms with Crippen LogP contribution in [0.5, 0.6) is 5.75 Å². The summed E-state index contributed by atoms with van der Waals surface area (Å²) in [6, 6.07) is 4.04. The molecule has 2 atom stereocenters. The first-order valence-corrected chi connectivity index (χ1v) is 7.32. The Morgan fingerprint density at radius 3 is 2.86 bits per heavy atom. The highest BCUT2D eigenvalue weighted by atomic mass is 35.5. The maximum atomic E-state index is 12.0. The zero-order chi connectivity index (χ0) is 16.1. The number of benzene rings is 1. The lowest BCUT2D eigenvalue weighted by atomic mass is 10.0. The number of carbonyl (C=O) groups is 2. The van der Waals surface area contributed by atoms with Gasteiger partial charge in [0.25, 0.3) is 0 Å². The molecule has 1 fully saturated rings. The second-order valence-corrected chi connectivity index (χ2v) is 5.54. The van der Waals surface area contributed by atoms with Crippen LogP contribution < -0.4 is 10.1 Å². The van der Waals surface area contributed by atoms with Crippen molar-refractivity contribution in [2.75, 3.05) is 20.3 Å². The van der Waals surface area contributed by atoms with Crippen molar-refractivity contribution in [1.29, 1.82) is 0 Å². The van der Waals surface area contributed by atoms with E-state index in [0.29, 0.717) is 36.0 Å². The van der Waals surface area contributed by atoms with E-state index >= 15 is 0 Å². The maximum absolute atomic E-state index is 12.0. The molecule has 0 aromatic heterocycles. The van der Waals surface area contributed by atoms with Crippen LogP contribution in [0.25, 0.3) is 0 Å². The predicted molar refractivity (Wildman–Crippen MR) is 80.2 cm³/mol. The normalized spacial score (nSPS) is 18.7. The van der Waals surface area contributed by atoms with Gasteiger partial charge in [-0.25, -0.2) is 4.79 Å². The molecule has 1 aromatic carbocycles. The molecule has 6 nitrogen and oxygen atoms in total. The fourth-order valence-corrected chi connectivity index (χ4v) is 2.58. The average Bonchev–Trinajstić information content (AvgIpc) is 3.01. The van der Waals surface area contributed by atoms with E-state index in [1.54, 1.807) is 18.2 Å². The Morgan fingerprint density at radius 2 is 2.32 bits per heavy atom. The van der Waals surface area contributed by atoms with E-state index in [0.717, 1.165) is 0 Å². The molecule has 120 valence electrons. The largest absolute Gasteiger partial charge is 0.495 e. The van der Waals surface area contributed by atoms with Crippen molar-refractivity contribution in [2.24, 2.45) is 5.92 Å². The number of halogens is 1. The van der Waals surface area contributed by atoms with Crippen LogP contribution in [-0.4, -0.2) is 43.3 Å². The number of methoxy groups -OCH3 is 1. The summed E-state index contributed by atoms with van der Waals surface area (Å²) in [5.74, 6) is -1.13. The fraction of sp³-hybridized carbons (Fsp3) is 0.467. The highest BCUT2D eigenvalue weighted by molar-refractivity contribution is 6.32. The summed E-state index contributed by atoms with van der Waals surface area (Å²) in [7, 11) is 1.50. The lowest BCUT2D eigenvalue weighted by molar-refractivity contribution is -0.142. The molecular formula is C15H18ClNO5. The Balaban J connectivity index is 2.03. The zero-order valence-corrected chi connectivity index (χ0v) is 12.9. The highest BCUT2D eigenvalue weighted by Crippen LogP contribution is 2.25. The first-order chi connectivity index (χ1) is 10.5. The number of hydrogen-bond donors (Lipinski definition) is 2. The van der Waals surface area contributed by atoms with Crippen LogP contribution in [0.3, 0.4) is 0 Å². The molecule has 1 aromatic rings. The van der Waals surface area contributed by atoms with Crippen LogP contribution in [0, 0.1) is 5.92 Å². The van der Waals surface area contributed by atoms with Crippen molar-refractivity contribution >= 4 is 23.5 Å². The van der Waals surface area contributed by atoms with Gasteiger partial charge in [0.15, 0.2) is 0 Å². The molecule has 1 aliphatic rings. The van der Waals surface area contributed by atoms with E-state index in [2.05, 4.69) is 5.32 Å². The Hall–Kier alpha value is -1.79. The fourth-order valence-electron chi connectivity index (χ4n) is 2.30. The van der Waals surface area contributed by atoms with E-state index in [-0.39, 0.29) is 18.2 Å². The molecule has 0 saturated carbocycles. The molecule has 0 spiro atoms. The second-order valence-electron chi connectivity index (χ2n) is 5.13. The molecule has 0 radical (unpaired) electrons. The SMILES string of the molecule is COc1ccc(C[C@H](NC(=O)[C@H]2CCOC2)C(=O)O)cc1Cl. The molecule has 0 bridgehead atoms. The number of rotatable bonds is 6. The molecular weight excluding hydrogens is 310 g/mol. The van der Waals surface area contributed by atoms with Crippen LogP contribution in [0.15, 0.2) is 18.2 Å².